The van der Waals surface area contributed by atoms with Gasteiger partial charge in [-0.25, -0.2) is 13.9 Å². The highest BCUT2D eigenvalue weighted by molar-refractivity contribution is 5.86. The Morgan fingerprint density at radius 1 is 1.39 bits per heavy atom. The first-order valence-electron chi connectivity index (χ1n) is 7.54. The molecular weight excluding hydrogens is 301 g/mol. The molecule has 122 valence electrons. The summed E-state index contributed by atoms with van der Waals surface area (Å²) in [5.41, 5.74) is 0.883. The number of esters is 1. The van der Waals surface area contributed by atoms with Gasteiger partial charge in [-0.2, -0.15) is 0 Å². The van der Waals surface area contributed by atoms with Gasteiger partial charge in [0.2, 0.25) is 0 Å². The molecule has 0 saturated heterocycles. The SMILES string of the molecule is CO[C@@H]1CCC[C@@H]1OC(=O)c1cn(Cc2cccc(F)c2)nn1. The Bertz CT molecular complexity index is 689. The van der Waals surface area contributed by atoms with Crippen LogP contribution in [-0.2, 0) is 16.0 Å². The fourth-order valence-electron chi connectivity index (χ4n) is 2.79. The lowest BCUT2D eigenvalue weighted by atomic mass is 10.2. The molecule has 3 rings (SSSR count). The van der Waals surface area contributed by atoms with E-state index in [-0.39, 0.29) is 23.7 Å². The molecule has 1 heterocycles. The van der Waals surface area contributed by atoms with E-state index in [0.717, 1.165) is 24.8 Å². The first kappa shape index (κ1) is 15.6. The summed E-state index contributed by atoms with van der Waals surface area (Å²) in [5.74, 6) is -0.821. The molecule has 0 radical (unpaired) electrons. The van der Waals surface area contributed by atoms with Gasteiger partial charge in [0.15, 0.2) is 5.69 Å². The van der Waals surface area contributed by atoms with Gasteiger partial charge in [0.05, 0.1) is 18.8 Å². The van der Waals surface area contributed by atoms with Crippen molar-refractivity contribution in [3.05, 3.63) is 47.5 Å². The standard InChI is InChI=1S/C16H18FN3O3/c1-22-14-6-3-7-15(14)23-16(21)13-10-20(19-18-13)9-11-4-2-5-12(17)8-11/h2,4-5,8,10,14-15H,3,6-7,9H2,1H3/t14-,15+/m1/s1. The van der Waals surface area contributed by atoms with Crippen molar-refractivity contribution in [1.82, 2.24) is 15.0 Å². The number of benzene rings is 1. The van der Waals surface area contributed by atoms with E-state index in [4.69, 9.17) is 9.47 Å². The molecule has 1 aromatic heterocycles. The van der Waals surface area contributed by atoms with Crippen LogP contribution >= 0.6 is 0 Å². The van der Waals surface area contributed by atoms with Crippen molar-refractivity contribution in [3.8, 4) is 0 Å². The van der Waals surface area contributed by atoms with Gasteiger partial charge in [-0.3, -0.25) is 0 Å². The first-order valence-corrected chi connectivity index (χ1v) is 7.54. The zero-order valence-electron chi connectivity index (χ0n) is 12.8. The third-order valence-electron chi connectivity index (χ3n) is 3.93. The van der Waals surface area contributed by atoms with Crippen LogP contribution in [-0.4, -0.2) is 40.3 Å². The Labute approximate surface area is 133 Å². The van der Waals surface area contributed by atoms with Crippen LogP contribution in [0.3, 0.4) is 0 Å². The van der Waals surface area contributed by atoms with Crippen molar-refractivity contribution >= 4 is 5.97 Å². The van der Waals surface area contributed by atoms with Gasteiger partial charge in [-0.05, 0) is 37.0 Å². The highest BCUT2D eigenvalue weighted by Crippen LogP contribution is 2.25. The lowest BCUT2D eigenvalue weighted by Gasteiger charge is -2.17. The number of rotatable bonds is 5. The van der Waals surface area contributed by atoms with Crippen molar-refractivity contribution in [2.24, 2.45) is 0 Å². The smallest absolute Gasteiger partial charge is 0.360 e. The molecule has 1 aromatic carbocycles. The van der Waals surface area contributed by atoms with Crippen LogP contribution in [0.1, 0.15) is 35.3 Å². The number of carbonyl (C=O) groups is 1. The lowest BCUT2D eigenvalue weighted by Crippen LogP contribution is -2.27. The van der Waals surface area contributed by atoms with Crippen molar-refractivity contribution < 1.29 is 18.7 Å². The predicted octanol–water partition coefficient (Wildman–Crippen LogP) is 2.19. The number of methoxy groups -OCH3 is 1. The number of halogens is 1. The Morgan fingerprint density at radius 2 is 2.22 bits per heavy atom. The van der Waals surface area contributed by atoms with Crippen LogP contribution in [0.25, 0.3) is 0 Å². The number of aromatic nitrogens is 3. The maximum Gasteiger partial charge on any atom is 0.360 e. The second-order valence-corrected chi connectivity index (χ2v) is 5.58. The molecule has 1 aliphatic rings. The molecule has 7 heteroatoms. The zero-order chi connectivity index (χ0) is 16.2. The van der Waals surface area contributed by atoms with Gasteiger partial charge in [0, 0.05) is 7.11 Å². The summed E-state index contributed by atoms with van der Waals surface area (Å²) >= 11 is 0. The molecule has 2 atom stereocenters. The molecule has 0 unspecified atom stereocenters. The monoisotopic (exact) mass is 319 g/mol. The van der Waals surface area contributed by atoms with Crippen LogP contribution < -0.4 is 0 Å². The Balaban J connectivity index is 1.63. The summed E-state index contributed by atoms with van der Waals surface area (Å²) in [6, 6.07) is 6.20. The molecule has 0 bridgehead atoms. The maximum absolute atomic E-state index is 13.2. The lowest BCUT2D eigenvalue weighted by molar-refractivity contribution is -0.0210. The van der Waals surface area contributed by atoms with Gasteiger partial charge in [-0.15, -0.1) is 5.10 Å². The van der Waals surface area contributed by atoms with Gasteiger partial charge in [0.1, 0.15) is 11.9 Å². The van der Waals surface area contributed by atoms with Gasteiger partial charge in [0.25, 0.3) is 0 Å². The summed E-state index contributed by atoms with van der Waals surface area (Å²) in [6.45, 7) is 0.335. The quantitative estimate of drug-likeness (QED) is 0.790. The molecule has 6 nitrogen and oxygen atoms in total. The van der Waals surface area contributed by atoms with Crippen LogP contribution in [0.4, 0.5) is 4.39 Å². The number of nitrogens with zero attached hydrogens (tertiary/aromatic N) is 3. The second-order valence-electron chi connectivity index (χ2n) is 5.58. The van der Waals surface area contributed by atoms with Gasteiger partial charge >= 0.3 is 5.97 Å². The van der Waals surface area contributed by atoms with Crippen LogP contribution in [0.15, 0.2) is 30.5 Å². The van der Waals surface area contributed by atoms with E-state index in [2.05, 4.69) is 10.3 Å². The van der Waals surface area contributed by atoms with Gasteiger partial charge in [-0.1, -0.05) is 17.3 Å². The fraction of sp³-hybridized carbons (Fsp3) is 0.438. The summed E-state index contributed by atoms with van der Waals surface area (Å²) in [4.78, 5) is 12.1. The average molecular weight is 319 g/mol. The third kappa shape index (κ3) is 3.73. The first-order chi connectivity index (χ1) is 11.2. The predicted molar refractivity (Wildman–Crippen MR) is 79.4 cm³/mol. The van der Waals surface area contributed by atoms with E-state index in [1.807, 2.05) is 0 Å². The number of hydrogen-bond acceptors (Lipinski definition) is 5. The summed E-state index contributed by atoms with van der Waals surface area (Å²) in [6.07, 6.45) is 3.87. The Hall–Kier alpha value is -2.28. The zero-order valence-corrected chi connectivity index (χ0v) is 12.8. The fourth-order valence-corrected chi connectivity index (χ4v) is 2.79. The summed E-state index contributed by atoms with van der Waals surface area (Å²) in [7, 11) is 1.62. The highest BCUT2D eigenvalue weighted by Gasteiger charge is 2.31. The minimum Gasteiger partial charge on any atom is -0.455 e. The molecule has 0 N–H and O–H groups in total. The number of carbonyl (C=O) groups excluding carboxylic acids is 1. The molecule has 1 fully saturated rings. The molecule has 1 aliphatic carbocycles. The summed E-state index contributed by atoms with van der Waals surface area (Å²) < 4.78 is 25.4. The van der Waals surface area contributed by atoms with E-state index >= 15 is 0 Å². The highest BCUT2D eigenvalue weighted by atomic mass is 19.1. The van der Waals surface area contributed by atoms with Crippen LogP contribution in [0.5, 0.6) is 0 Å². The molecule has 0 amide bonds. The van der Waals surface area contributed by atoms with Crippen molar-refractivity contribution in [2.75, 3.05) is 7.11 Å². The van der Waals surface area contributed by atoms with E-state index < -0.39 is 5.97 Å². The number of hydrogen-bond donors (Lipinski definition) is 0. The molecular formula is C16H18FN3O3. The minimum atomic E-state index is -0.510. The maximum atomic E-state index is 13.2. The van der Waals surface area contributed by atoms with Crippen molar-refractivity contribution in [1.29, 1.82) is 0 Å². The topological polar surface area (TPSA) is 66.2 Å². The van der Waals surface area contributed by atoms with E-state index in [1.54, 1.807) is 19.2 Å². The number of ether oxygens (including phenoxy) is 2. The molecule has 1 saturated carbocycles. The van der Waals surface area contributed by atoms with E-state index in [0.29, 0.717) is 6.54 Å². The molecule has 23 heavy (non-hydrogen) atoms. The summed E-state index contributed by atoms with van der Waals surface area (Å²) in [5, 5.41) is 7.72. The normalized spacial score (nSPS) is 20.6. The Kier molecular flexibility index (Phi) is 4.66. The van der Waals surface area contributed by atoms with Crippen molar-refractivity contribution in [2.45, 2.75) is 38.0 Å². The Morgan fingerprint density at radius 3 is 3.00 bits per heavy atom. The van der Waals surface area contributed by atoms with Crippen LogP contribution in [0, 0.1) is 5.82 Å². The molecule has 2 aromatic rings. The minimum absolute atomic E-state index is 0.0544. The van der Waals surface area contributed by atoms with Crippen LogP contribution in [0.2, 0.25) is 0 Å². The van der Waals surface area contributed by atoms with Gasteiger partial charge < -0.3 is 9.47 Å². The molecule has 0 spiro atoms. The van der Waals surface area contributed by atoms with E-state index in [1.165, 1.54) is 23.0 Å². The molecule has 0 aliphatic heterocycles. The largest absolute Gasteiger partial charge is 0.455 e. The van der Waals surface area contributed by atoms with E-state index in [9.17, 15) is 9.18 Å². The average Bonchev–Trinajstić information content (AvgIpc) is 3.16. The third-order valence-corrected chi connectivity index (χ3v) is 3.93. The van der Waals surface area contributed by atoms with Crippen molar-refractivity contribution in [3.63, 3.8) is 0 Å². The second kappa shape index (κ2) is 6.87.